The zero-order valence-corrected chi connectivity index (χ0v) is 30.4. The summed E-state index contributed by atoms with van der Waals surface area (Å²) in [4.78, 5) is 67.3. The highest BCUT2D eigenvalue weighted by Crippen LogP contribution is 2.42. The fourth-order valence-corrected chi connectivity index (χ4v) is 6.77. The van der Waals surface area contributed by atoms with Crippen LogP contribution in [0.25, 0.3) is 22.1 Å². The molecule has 0 fully saturated rings. The Balaban J connectivity index is 1.98. The maximum atomic E-state index is 12.8. The number of aliphatic hydroxyl groups excluding tert-OH is 1. The predicted molar refractivity (Wildman–Crippen MR) is 188 cm³/mol. The van der Waals surface area contributed by atoms with E-state index in [0.29, 0.717) is 62.1 Å². The van der Waals surface area contributed by atoms with Crippen molar-refractivity contribution in [1.29, 1.82) is 0 Å². The second kappa shape index (κ2) is 14.7. The van der Waals surface area contributed by atoms with Gasteiger partial charge in [-0.3, -0.25) is 29.1 Å². The van der Waals surface area contributed by atoms with Gasteiger partial charge in [-0.05, 0) is 59.4 Å². The van der Waals surface area contributed by atoms with Crippen molar-refractivity contribution in [3.8, 4) is 0 Å². The van der Waals surface area contributed by atoms with Crippen molar-refractivity contribution < 1.29 is 43.2 Å². The number of nitrogens with one attached hydrogen (secondary N) is 2. The third kappa shape index (κ3) is 7.68. The number of fused-ring (bicyclic) bond motifs is 8. The molecule has 0 saturated carbocycles. The average molecular weight is 703 g/mol. The van der Waals surface area contributed by atoms with E-state index < -0.39 is 40.8 Å². The molecule has 0 aliphatic carbocycles. The molecule has 3 aromatic heterocycles. The number of ether oxygens (including phenoxy) is 4. The quantitative estimate of drug-likeness (QED) is 0.200. The molecule has 0 radical (unpaired) electrons. The Morgan fingerprint density at radius 3 is 1.63 bits per heavy atom. The average Bonchev–Trinajstić information content (AvgIpc) is 3.74. The van der Waals surface area contributed by atoms with Gasteiger partial charge >= 0.3 is 23.9 Å². The van der Waals surface area contributed by atoms with E-state index >= 15 is 0 Å². The summed E-state index contributed by atoms with van der Waals surface area (Å²) in [6, 6.07) is 7.40. The Morgan fingerprint density at radius 1 is 0.667 bits per heavy atom. The van der Waals surface area contributed by atoms with E-state index in [0.717, 1.165) is 11.4 Å². The van der Waals surface area contributed by atoms with E-state index in [-0.39, 0.29) is 38.5 Å². The van der Waals surface area contributed by atoms with Crippen LogP contribution in [-0.4, -0.2) is 77.4 Å². The summed E-state index contributed by atoms with van der Waals surface area (Å²) in [5.74, 6) is -1.80. The first-order chi connectivity index (χ1) is 24.1. The van der Waals surface area contributed by atoms with Crippen LogP contribution in [0, 0.1) is 0 Å². The van der Waals surface area contributed by atoms with Crippen LogP contribution < -0.4 is 0 Å². The molecule has 0 saturated heterocycles. The topological polar surface area (TPSA) is 183 Å². The number of carbonyl (C=O) groups is 4. The molecule has 0 aromatic carbocycles. The molecule has 3 aromatic rings. The van der Waals surface area contributed by atoms with Gasteiger partial charge in [0.05, 0.1) is 52.7 Å². The standard InChI is InChI=1S/C38H46N4O9/c1-37(2)19-20-13-25-23(14-34(45)50-7)21(9-11-32(43)48-5)26(40-25)16-27-22(10-12-33(44)49-6)24(15-35(46)51-8)28(41-27)17-31-38(3,4)36(47)29(42-31)18-30(37)39-20/h13,16-18,36,40-41,47H,9-12,14-15,19H2,1-8H3. The molecule has 13 heteroatoms. The van der Waals surface area contributed by atoms with Crippen LogP contribution in [0.1, 0.15) is 91.7 Å². The fraction of sp³-hybridized carbons (Fsp3) is 0.474. The summed E-state index contributed by atoms with van der Waals surface area (Å²) in [6.45, 7) is 7.95. The largest absolute Gasteiger partial charge is 0.469 e. The molecule has 0 spiro atoms. The lowest BCUT2D eigenvalue weighted by molar-refractivity contribution is -0.141. The van der Waals surface area contributed by atoms with Gasteiger partial charge in [0.1, 0.15) is 6.10 Å². The van der Waals surface area contributed by atoms with Crippen LogP contribution in [0.2, 0.25) is 0 Å². The number of rotatable bonds is 10. The minimum Gasteiger partial charge on any atom is -0.469 e. The number of aromatic nitrogens is 4. The van der Waals surface area contributed by atoms with Crippen LogP contribution in [0.3, 0.4) is 0 Å². The summed E-state index contributed by atoms with van der Waals surface area (Å²) in [5.41, 5.74) is 6.30. The van der Waals surface area contributed by atoms with E-state index in [1.54, 1.807) is 0 Å². The van der Waals surface area contributed by atoms with Crippen molar-refractivity contribution >= 4 is 45.9 Å². The number of methoxy groups -OCH3 is 4. The van der Waals surface area contributed by atoms with E-state index in [4.69, 9.17) is 28.9 Å². The molecule has 272 valence electrons. The van der Waals surface area contributed by atoms with E-state index in [2.05, 4.69) is 23.8 Å². The summed E-state index contributed by atoms with van der Waals surface area (Å²) in [6.07, 6.45) is -0.0160. The first-order valence-corrected chi connectivity index (χ1v) is 16.8. The van der Waals surface area contributed by atoms with Gasteiger partial charge in [0.2, 0.25) is 0 Å². The number of aliphatic hydroxyl groups is 1. The highest BCUT2D eigenvalue weighted by atomic mass is 16.5. The van der Waals surface area contributed by atoms with E-state index in [1.807, 2.05) is 38.1 Å². The molecule has 0 amide bonds. The van der Waals surface area contributed by atoms with Gasteiger partial charge in [0.25, 0.3) is 0 Å². The molecule has 13 nitrogen and oxygen atoms in total. The number of nitrogens with zero attached hydrogens (tertiary/aromatic N) is 2. The van der Waals surface area contributed by atoms with Crippen molar-refractivity contribution in [2.24, 2.45) is 0 Å². The summed E-state index contributed by atoms with van der Waals surface area (Å²) in [7, 11) is 5.26. The van der Waals surface area contributed by atoms with Gasteiger partial charge in [-0.1, -0.05) is 27.7 Å². The lowest BCUT2D eigenvalue weighted by atomic mass is 9.82. The number of esters is 4. The van der Waals surface area contributed by atoms with Crippen LogP contribution in [0.15, 0.2) is 24.3 Å². The molecule has 8 bridgehead atoms. The second-order valence-electron chi connectivity index (χ2n) is 14.1. The maximum absolute atomic E-state index is 12.8. The Labute approximate surface area is 296 Å². The molecule has 2 aliphatic heterocycles. The number of hydrogen-bond acceptors (Lipinski definition) is 11. The lowest BCUT2D eigenvalue weighted by Crippen LogP contribution is -2.22. The Morgan fingerprint density at radius 2 is 1.14 bits per heavy atom. The SMILES string of the molecule is COC(=O)CCc1c(CC(=O)OC)c2cc3nc(cc4nc(cc5[nH]c(cc1[nH]2)c(CCC(=O)OC)c5CC(=O)OC)C(C)(C)C4O)C(C)(C)C3. The van der Waals surface area contributed by atoms with Crippen LogP contribution >= 0.6 is 0 Å². The zero-order chi connectivity index (χ0) is 37.2. The highest BCUT2D eigenvalue weighted by Gasteiger charge is 2.39. The van der Waals surface area contributed by atoms with Gasteiger partial charge in [-0.15, -0.1) is 0 Å². The molecule has 3 N–H and O–H groups in total. The van der Waals surface area contributed by atoms with E-state index in [1.165, 1.54) is 28.4 Å². The normalized spacial score (nSPS) is 16.0. The number of aryl methyl sites for hydroxylation is 2. The maximum Gasteiger partial charge on any atom is 0.310 e. The second-order valence-corrected chi connectivity index (χ2v) is 14.1. The van der Waals surface area contributed by atoms with Gasteiger partial charge in [-0.25, -0.2) is 0 Å². The zero-order valence-electron chi connectivity index (χ0n) is 30.4. The van der Waals surface area contributed by atoms with Gasteiger partial charge in [-0.2, -0.15) is 0 Å². The monoisotopic (exact) mass is 702 g/mol. The van der Waals surface area contributed by atoms with Crippen molar-refractivity contribution in [1.82, 2.24) is 19.9 Å². The molecule has 51 heavy (non-hydrogen) atoms. The van der Waals surface area contributed by atoms with Crippen molar-refractivity contribution in [3.05, 3.63) is 69.3 Å². The number of hydrogen-bond donors (Lipinski definition) is 3. The Hall–Kier alpha value is -5.04. The van der Waals surface area contributed by atoms with E-state index in [9.17, 15) is 24.3 Å². The molecule has 5 rings (SSSR count). The van der Waals surface area contributed by atoms with Crippen molar-refractivity contribution in [2.75, 3.05) is 28.4 Å². The number of H-pyrrole nitrogens is 2. The lowest BCUT2D eigenvalue weighted by Gasteiger charge is -2.22. The minimum absolute atomic E-state index is 0.0294. The van der Waals surface area contributed by atoms with Crippen molar-refractivity contribution in [2.45, 2.75) is 89.6 Å². The molecule has 1 unspecified atom stereocenters. The first-order valence-electron chi connectivity index (χ1n) is 16.8. The predicted octanol–water partition coefficient (Wildman–Crippen LogP) is 4.49. The Kier molecular flexibility index (Phi) is 10.7. The first kappa shape index (κ1) is 37.2. The summed E-state index contributed by atoms with van der Waals surface area (Å²) < 4.78 is 20.0. The smallest absolute Gasteiger partial charge is 0.310 e. The molecule has 2 aliphatic rings. The third-order valence-corrected chi connectivity index (χ3v) is 9.90. The molecule has 5 heterocycles. The van der Waals surface area contributed by atoms with Gasteiger partial charge in [0.15, 0.2) is 0 Å². The number of aromatic amines is 2. The molecule has 1 atom stereocenters. The summed E-state index contributed by atoms with van der Waals surface area (Å²) >= 11 is 0. The van der Waals surface area contributed by atoms with Crippen LogP contribution in [0.4, 0.5) is 0 Å². The van der Waals surface area contributed by atoms with Crippen LogP contribution in [0.5, 0.6) is 0 Å². The third-order valence-electron chi connectivity index (χ3n) is 9.90. The minimum atomic E-state index is -0.940. The number of carbonyl (C=O) groups excluding carboxylic acids is 4. The molecular weight excluding hydrogens is 656 g/mol. The van der Waals surface area contributed by atoms with Crippen LogP contribution in [-0.2, 0) is 81.1 Å². The fourth-order valence-electron chi connectivity index (χ4n) is 6.77. The molecular formula is C38H46N4O9. The van der Waals surface area contributed by atoms with Gasteiger partial charge < -0.3 is 34.0 Å². The van der Waals surface area contributed by atoms with Crippen molar-refractivity contribution in [3.63, 3.8) is 0 Å². The highest BCUT2D eigenvalue weighted by molar-refractivity contribution is 5.86. The Bertz CT molecular complexity index is 2040. The summed E-state index contributed by atoms with van der Waals surface area (Å²) in [5, 5.41) is 11.6. The van der Waals surface area contributed by atoms with Gasteiger partial charge in [0, 0.05) is 63.5 Å².